The number of thiophene rings is 1. The maximum Gasteiger partial charge on any atom is 0.261 e. The number of nitrogens with zero attached hydrogens (tertiary/aromatic N) is 5. The summed E-state index contributed by atoms with van der Waals surface area (Å²) in [7, 11) is 3.66. The van der Waals surface area contributed by atoms with Crippen LogP contribution in [-0.4, -0.2) is 39.2 Å². The summed E-state index contributed by atoms with van der Waals surface area (Å²) < 4.78 is 0.874. The van der Waals surface area contributed by atoms with Crippen molar-refractivity contribution in [2.24, 2.45) is 0 Å². The van der Waals surface area contributed by atoms with E-state index in [4.69, 9.17) is 4.98 Å². The molecule has 0 saturated heterocycles. The lowest BCUT2D eigenvalue weighted by molar-refractivity contribution is 0.997. The lowest BCUT2D eigenvalue weighted by atomic mass is 9.97. The Hall–Kier alpha value is -4.17. The highest BCUT2D eigenvalue weighted by atomic mass is 32.1. The molecule has 0 aliphatic rings. The van der Waals surface area contributed by atoms with E-state index >= 15 is 0 Å². The molecule has 0 aliphatic heterocycles. The molecule has 0 unspecified atom stereocenters. The number of aromatic nitrogens is 5. The third kappa shape index (κ3) is 3.15. The average Bonchev–Trinajstić information content (AvgIpc) is 3.21. The molecule has 1 N–H and O–H groups in total. The molecule has 0 saturated carbocycles. The normalized spacial score (nSPS) is 11.5. The molecule has 0 bridgehead atoms. The van der Waals surface area contributed by atoms with Crippen LogP contribution in [0.4, 0.5) is 5.95 Å². The fourth-order valence-corrected chi connectivity index (χ4v) is 5.02. The number of rotatable bonds is 3. The summed E-state index contributed by atoms with van der Waals surface area (Å²) in [6.07, 6.45) is 0. The largest absolute Gasteiger partial charge is 0.348 e. The summed E-state index contributed by atoms with van der Waals surface area (Å²) in [6.45, 7) is 0. The molecule has 0 fully saturated rings. The SMILES string of the molecule is CN(C)c1nc2nc3c(cc2c(=O)[nH]1)sc1nnc(-c2ccccc2)c(-c2ccccc2)c13. The van der Waals surface area contributed by atoms with Crippen molar-refractivity contribution < 1.29 is 0 Å². The number of hydrogen-bond acceptors (Lipinski definition) is 7. The number of hydrogen-bond donors (Lipinski definition) is 1. The van der Waals surface area contributed by atoms with Crippen LogP contribution in [0.3, 0.4) is 0 Å². The number of H-pyrrole nitrogens is 1. The lowest BCUT2D eigenvalue weighted by Gasteiger charge is -2.11. The molecule has 2 aromatic carbocycles. The smallest absolute Gasteiger partial charge is 0.261 e. The second-order valence-corrected chi connectivity index (χ2v) is 8.96. The molecule has 160 valence electrons. The monoisotopic (exact) mass is 450 g/mol. The fourth-order valence-electron chi connectivity index (χ4n) is 4.00. The first-order valence-electron chi connectivity index (χ1n) is 10.4. The topological polar surface area (TPSA) is 87.7 Å². The summed E-state index contributed by atoms with van der Waals surface area (Å²) in [5.41, 5.74) is 4.75. The Morgan fingerprint density at radius 3 is 2.27 bits per heavy atom. The Kier molecular flexibility index (Phi) is 4.41. The number of anilines is 1. The maximum atomic E-state index is 12.7. The van der Waals surface area contributed by atoms with Crippen LogP contribution in [0.2, 0.25) is 0 Å². The van der Waals surface area contributed by atoms with Crippen molar-refractivity contribution in [3.63, 3.8) is 0 Å². The van der Waals surface area contributed by atoms with Crippen LogP contribution in [0, 0.1) is 0 Å². The Morgan fingerprint density at radius 2 is 1.58 bits per heavy atom. The van der Waals surface area contributed by atoms with E-state index in [1.54, 1.807) is 4.90 Å². The zero-order valence-corrected chi connectivity index (χ0v) is 18.7. The van der Waals surface area contributed by atoms with E-state index in [-0.39, 0.29) is 5.56 Å². The van der Waals surface area contributed by atoms with Crippen molar-refractivity contribution in [2.75, 3.05) is 19.0 Å². The van der Waals surface area contributed by atoms with Crippen molar-refractivity contribution in [1.29, 1.82) is 0 Å². The number of fused-ring (bicyclic) bond motifs is 4. The highest BCUT2D eigenvalue weighted by Gasteiger charge is 2.21. The van der Waals surface area contributed by atoms with Crippen LogP contribution in [-0.2, 0) is 0 Å². The van der Waals surface area contributed by atoms with Crippen molar-refractivity contribution in [2.45, 2.75) is 0 Å². The van der Waals surface area contributed by atoms with Gasteiger partial charge in [-0.15, -0.1) is 21.5 Å². The van der Waals surface area contributed by atoms with Gasteiger partial charge < -0.3 is 4.90 Å². The van der Waals surface area contributed by atoms with E-state index in [0.717, 1.165) is 42.8 Å². The first kappa shape index (κ1) is 19.5. The molecule has 0 spiro atoms. The van der Waals surface area contributed by atoms with Crippen LogP contribution in [0.25, 0.3) is 53.9 Å². The third-order valence-corrected chi connectivity index (χ3v) is 6.58. The van der Waals surface area contributed by atoms with E-state index in [1.807, 2.05) is 68.7 Å². The Bertz CT molecular complexity index is 1710. The molecule has 6 aromatic rings. The molecule has 4 heterocycles. The van der Waals surface area contributed by atoms with Gasteiger partial charge >= 0.3 is 0 Å². The van der Waals surface area contributed by atoms with Gasteiger partial charge in [0.25, 0.3) is 5.56 Å². The maximum absolute atomic E-state index is 12.7. The number of benzene rings is 2. The van der Waals surface area contributed by atoms with Gasteiger partial charge in [-0.05, 0) is 11.6 Å². The minimum absolute atomic E-state index is 0.213. The van der Waals surface area contributed by atoms with Gasteiger partial charge in [-0.25, -0.2) is 4.98 Å². The van der Waals surface area contributed by atoms with Crippen molar-refractivity contribution in [3.8, 4) is 22.4 Å². The summed E-state index contributed by atoms with van der Waals surface area (Å²) in [6, 6.07) is 22.0. The Morgan fingerprint density at radius 1 is 0.879 bits per heavy atom. The average molecular weight is 451 g/mol. The second-order valence-electron chi connectivity index (χ2n) is 7.93. The van der Waals surface area contributed by atoms with Gasteiger partial charge in [-0.1, -0.05) is 60.7 Å². The Labute approximate surface area is 192 Å². The third-order valence-electron chi connectivity index (χ3n) is 5.57. The first-order chi connectivity index (χ1) is 16.1. The minimum Gasteiger partial charge on any atom is -0.348 e. The number of pyridine rings is 1. The van der Waals surface area contributed by atoms with Crippen LogP contribution >= 0.6 is 11.3 Å². The molecule has 7 nitrogen and oxygen atoms in total. The van der Waals surface area contributed by atoms with Crippen molar-refractivity contribution >= 4 is 48.8 Å². The van der Waals surface area contributed by atoms with Crippen molar-refractivity contribution in [3.05, 3.63) is 77.1 Å². The van der Waals surface area contributed by atoms with Crippen LogP contribution < -0.4 is 10.5 Å². The second kappa shape index (κ2) is 7.46. The lowest BCUT2D eigenvalue weighted by Crippen LogP contribution is -2.19. The molecule has 0 amide bonds. The summed E-state index contributed by atoms with van der Waals surface area (Å²) in [4.78, 5) is 27.5. The first-order valence-corrected chi connectivity index (χ1v) is 11.2. The van der Waals surface area contributed by atoms with E-state index in [9.17, 15) is 4.79 Å². The molecule has 0 radical (unpaired) electrons. The van der Waals surface area contributed by atoms with E-state index in [0.29, 0.717) is 17.0 Å². The van der Waals surface area contributed by atoms with Crippen molar-refractivity contribution in [1.82, 2.24) is 25.1 Å². The zero-order valence-electron chi connectivity index (χ0n) is 17.9. The molecule has 6 rings (SSSR count). The standard InChI is InChI=1S/C25H18N6OS/c1-31(2)25-27-22-16(23(32)28-25)13-17-21(26-22)19-18(14-9-5-3-6-10-14)20(29-30-24(19)33-17)15-11-7-4-8-12-15/h3-13H,1-2H3,(H,26,27,28,32). The predicted molar refractivity (Wildman–Crippen MR) is 134 cm³/mol. The van der Waals surface area contributed by atoms with Crippen LogP contribution in [0.5, 0.6) is 0 Å². The molecule has 0 aliphatic carbocycles. The minimum atomic E-state index is -0.213. The van der Waals surface area contributed by atoms with Gasteiger partial charge in [0.1, 0.15) is 10.5 Å². The van der Waals surface area contributed by atoms with Gasteiger partial charge in [0.15, 0.2) is 5.65 Å². The molecular weight excluding hydrogens is 432 g/mol. The van der Waals surface area contributed by atoms with Crippen LogP contribution in [0.15, 0.2) is 71.5 Å². The molecule has 4 aromatic heterocycles. The summed E-state index contributed by atoms with van der Waals surface area (Å²) in [5, 5.41) is 10.5. The van der Waals surface area contributed by atoms with Crippen LogP contribution in [0.1, 0.15) is 0 Å². The van der Waals surface area contributed by atoms with E-state index in [2.05, 4.69) is 32.3 Å². The van der Waals surface area contributed by atoms with Gasteiger partial charge in [0.2, 0.25) is 5.95 Å². The van der Waals surface area contributed by atoms with Gasteiger partial charge in [0.05, 0.1) is 15.6 Å². The summed E-state index contributed by atoms with van der Waals surface area (Å²) in [5.74, 6) is 0.465. The quantitative estimate of drug-likeness (QED) is 0.414. The molecule has 0 atom stereocenters. The van der Waals surface area contributed by atoms with E-state index in [1.165, 1.54) is 11.3 Å². The van der Waals surface area contributed by atoms with E-state index < -0.39 is 0 Å². The number of aromatic amines is 1. The molecule has 8 heteroatoms. The predicted octanol–water partition coefficient (Wildman–Crippen LogP) is 4.88. The number of nitrogens with one attached hydrogen (secondary N) is 1. The highest BCUT2D eigenvalue weighted by Crippen LogP contribution is 2.42. The zero-order chi connectivity index (χ0) is 22.5. The van der Waals surface area contributed by atoms with Gasteiger partial charge in [-0.2, -0.15) is 4.98 Å². The van der Waals surface area contributed by atoms with Gasteiger partial charge in [-0.3, -0.25) is 9.78 Å². The highest BCUT2D eigenvalue weighted by molar-refractivity contribution is 7.25. The molecule has 33 heavy (non-hydrogen) atoms. The van der Waals surface area contributed by atoms with Gasteiger partial charge in [0, 0.05) is 30.6 Å². The summed E-state index contributed by atoms with van der Waals surface area (Å²) >= 11 is 1.48. The fraction of sp³-hybridized carbons (Fsp3) is 0.0800. The Balaban J connectivity index is 1.77. The molecular formula is C25H18N6OS.